The number of ether oxygens (including phenoxy) is 2. The molecule has 0 atom stereocenters. The second kappa shape index (κ2) is 7.09. The zero-order chi connectivity index (χ0) is 17.1. The van der Waals surface area contributed by atoms with Gasteiger partial charge in [0.15, 0.2) is 0 Å². The SMILES string of the molecule is CCOC(=O)c1cc([Si](C)(C)C)c(C)c(C(=O)OCC)c1C. The molecule has 0 heterocycles. The van der Waals surface area contributed by atoms with Crippen LogP contribution in [0, 0.1) is 13.8 Å². The summed E-state index contributed by atoms with van der Waals surface area (Å²) in [6.07, 6.45) is 0. The maximum atomic E-state index is 12.3. The molecular weight excluding hydrogens is 296 g/mol. The van der Waals surface area contributed by atoms with E-state index in [0.717, 1.165) is 10.8 Å². The highest BCUT2D eigenvalue weighted by Crippen LogP contribution is 2.22. The Morgan fingerprint density at radius 3 is 1.91 bits per heavy atom. The number of carbonyl (C=O) groups excluding carboxylic acids is 2. The largest absolute Gasteiger partial charge is 0.462 e. The van der Waals surface area contributed by atoms with Gasteiger partial charge in [-0.05, 0) is 44.9 Å². The Labute approximate surface area is 133 Å². The summed E-state index contributed by atoms with van der Waals surface area (Å²) >= 11 is 0. The molecule has 0 radical (unpaired) electrons. The van der Waals surface area contributed by atoms with Crippen LogP contribution < -0.4 is 5.19 Å². The average molecular weight is 322 g/mol. The van der Waals surface area contributed by atoms with Gasteiger partial charge >= 0.3 is 11.9 Å². The Morgan fingerprint density at radius 2 is 1.45 bits per heavy atom. The van der Waals surface area contributed by atoms with Crippen LogP contribution >= 0.6 is 0 Å². The van der Waals surface area contributed by atoms with Gasteiger partial charge in [0.25, 0.3) is 0 Å². The Morgan fingerprint density at radius 1 is 0.955 bits per heavy atom. The molecule has 0 saturated carbocycles. The number of esters is 2. The minimum Gasteiger partial charge on any atom is -0.462 e. The highest BCUT2D eigenvalue weighted by atomic mass is 28.3. The molecule has 0 amide bonds. The summed E-state index contributed by atoms with van der Waals surface area (Å²) in [6, 6.07) is 1.90. The van der Waals surface area contributed by atoms with Crippen molar-refractivity contribution in [3.63, 3.8) is 0 Å². The lowest BCUT2D eigenvalue weighted by atomic mass is 9.97. The Balaban J connectivity index is 3.64. The average Bonchev–Trinajstić information content (AvgIpc) is 2.37. The fourth-order valence-corrected chi connectivity index (χ4v) is 4.45. The van der Waals surface area contributed by atoms with Crippen molar-refractivity contribution >= 4 is 25.2 Å². The van der Waals surface area contributed by atoms with E-state index in [1.165, 1.54) is 0 Å². The molecular formula is C17H26O4Si. The Kier molecular flexibility index (Phi) is 5.94. The van der Waals surface area contributed by atoms with Crippen molar-refractivity contribution in [1.29, 1.82) is 0 Å². The summed E-state index contributed by atoms with van der Waals surface area (Å²) in [7, 11) is -1.72. The van der Waals surface area contributed by atoms with Crippen LogP contribution in [-0.4, -0.2) is 33.2 Å². The summed E-state index contributed by atoms with van der Waals surface area (Å²) in [4.78, 5) is 24.6. The van der Waals surface area contributed by atoms with E-state index in [0.29, 0.717) is 29.9 Å². The molecule has 0 aliphatic heterocycles. The molecule has 122 valence electrons. The van der Waals surface area contributed by atoms with Crippen LogP contribution in [0.25, 0.3) is 0 Å². The molecule has 0 bridgehead atoms. The van der Waals surface area contributed by atoms with Gasteiger partial charge < -0.3 is 9.47 Å². The summed E-state index contributed by atoms with van der Waals surface area (Å²) < 4.78 is 10.3. The molecule has 0 fully saturated rings. The molecule has 1 rings (SSSR count). The monoisotopic (exact) mass is 322 g/mol. The van der Waals surface area contributed by atoms with Crippen LogP contribution in [0.1, 0.15) is 45.7 Å². The van der Waals surface area contributed by atoms with E-state index in [9.17, 15) is 9.59 Å². The van der Waals surface area contributed by atoms with Gasteiger partial charge in [0, 0.05) is 0 Å². The van der Waals surface area contributed by atoms with Gasteiger partial charge in [-0.15, -0.1) is 0 Å². The second-order valence-electron chi connectivity index (χ2n) is 6.29. The van der Waals surface area contributed by atoms with Gasteiger partial charge in [-0.25, -0.2) is 9.59 Å². The molecule has 0 aliphatic carbocycles. The first-order chi connectivity index (χ1) is 10.1. The molecule has 1 aromatic rings. The van der Waals surface area contributed by atoms with Crippen LogP contribution in [0.3, 0.4) is 0 Å². The molecule has 4 nitrogen and oxygen atoms in total. The minimum absolute atomic E-state index is 0.309. The van der Waals surface area contributed by atoms with E-state index in [1.807, 2.05) is 13.0 Å². The van der Waals surface area contributed by atoms with Gasteiger partial charge in [-0.2, -0.15) is 0 Å². The van der Waals surface area contributed by atoms with Crippen LogP contribution in [-0.2, 0) is 9.47 Å². The van der Waals surface area contributed by atoms with Gasteiger partial charge in [-0.1, -0.05) is 24.8 Å². The number of carbonyl (C=O) groups is 2. The highest BCUT2D eigenvalue weighted by molar-refractivity contribution is 6.89. The zero-order valence-corrected chi connectivity index (χ0v) is 15.6. The molecule has 22 heavy (non-hydrogen) atoms. The van der Waals surface area contributed by atoms with E-state index < -0.39 is 8.07 Å². The normalized spacial score (nSPS) is 11.2. The van der Waals surface area contributed by atoms with Crippen molar-refractivity contribution in [1.82, 2.24) is 0 Å². The Hall–Kier alpha value is -1.62. The first-order valence-electron chi connectivity index (χ1n) is 7.64. The summed E-state index contributed by atoms with van der Waals surface area (Å²) in [5.74, 6) is -0.756. The molecule has 0 N–H and O–H groups in total. The van der Waals surface area contributed by atoms with Crippen molar-refractivity contribution in [2.75, 3.05) is 13.2 Å². The summed E-state index contributed by atoms with van der Waals surface area (Å²) in [5.41, 5.74) is 2.53. The minimum atomic E-state index is -1.72. The number of rotatable bonds is 5. The number of hydrogen-bond donors (Lipinski definition) is 0. The van der Waals surface area contributed by atoms with Gasteiger partial charge in [-0.3, -0.25) is 0 Å². The van der Waals surface area contributed by atoms with Gasteiger partial charge in [0.1, 0.15) is 0 Å². The second-order valence-corrected chi connectivity index (χ2v) is 11.3. The first kappa shape index (κ1) is 18.4. The number of benzene rings is 1. The summed E-state index contributed by atoms with van der Waals surface area (Å²) in [5, 5.41) is 1.09. The van der Waals surface area contributed by atoms with Crippen molar-refractivity contribution in [3.8, 4) is 0 Å². The standard InChI is InChI=1S/C17H26O4Si/c1-8-20-16(18)13-10-14(22(5,6)7)12(4)15(11(13)3)17(19)21-9-2/h10H,8-9H2,1-7H3. The zero-order valence-electron chi connectivity index (χ0n) is 14.6. The van der Waals surface area contributed by atoms with Crippen LogP contribution in [0.15, 0.2) is 6.07 Å². The first-order valence-corrected chi connectivity index (χ1v) is 11.1. The van der Waals surface area contributed by atoms with E-state index in [1.54, 1.807) is 20.8 Å². The lowest BCUT2D eigenvalue weighted by Gasteiger charge is -2.24. The smallest absolute Gasteiger partial charge is 0.338 e. The van der Waals surface area contributed by atoms with E-state index >= 15 is 0 Å². The third kappa shape index (κ3) is 3.77. The predicted octanol–water partition coefficient (Wildman–Crippen LogP) is 3.20. The van der Waals surface area contributed by atoms with Crippen LogP contribution in [0.4, 0.5) is 0 Å². The van der Waals surface area contributed by atoms with Crippen molar-refractivity contribution in [2.45, 2.75) is 47.3 Å². The molecule has 5 heteroatoms. The van der Waals surface area contributed by atoms with E-state index in [4.69, 9.17) is 9.47 Å². The highest BCUT2D eigenvalue weighted by Gasteiger charge is 2.28. The maximum Gasteiger partial charge on any atom is 0.338 e. The molecule has 0 unspecified atom stereocenters. The van der Waals surface area contributed by atoms with E-state index in [2.05, 4.69) is 19.6 Å². The van der Waals surface area contributed by atoms with Crippen LogP contribution in [0.5, 0.6) is 0 Å². The lowest BCUT2D eigenvalue weighted by molar-refractivity contribution is 0.0523. The van der Waals surface area contributed by atoms with Gasteiger partial charge in [0.05, 0.1) is 32.4 Å². The van der Waals surface area contributed by atoms with Crippen molar-refractivity contribution in [2.24, 2.45) is 0 Å². The molecule has 0 spiro atoms. The lowest BCUT2D eigenvalue weighted by Crippen LogP contribution is -2.41. The fourth-order valence-electron chi connectivity index (χ4n) is 2.62. The van der Waals surface area contributed by atoms with E-state index in [-0.39, 0.29) is 11.9 Å². The molecule has 0 aliphatic rings. The predicted molar refractivity (Wildman–Crippen MR) is 90.8 cm³/mol. The number of hydrogen-bond acceptors (Lipinski definition) is 4. The molecule has 1 aromatic carbocycles. The van der Waals surface area contributed by atoms with Gasteiger partial charge in [0.2, 0.25) is 0 Å². The maximum absolute atomic E-state index is 12.3. The topological polar surface area (TPSA) is 52.6 Å². The third-order valence-corrected chi connectivity index (χ3v) is 5.76. The molecule has 0 aromatic heterocycles. The van der Waals surface area contributed by atoms with Crippen molar-refractivity contribution in [3.05, 3.63) is 28.3 Å². The third-order valence-electron chi connectivity index (χ3n) is 3.63. The quantitative estimate of drug-likeness (QED) is 0.617. The van der Waals surface area contributed by atoms with Crippen LogP contribution in [0.2, 0.25) is 19.6 Å². The Bertz CT molecular complexity index is 585. The fraction of sp³-hybridized carbons (Fsp3) is 0.529. The van der Waals surface area contributed by atoms with Crippen molar-refractivity contribution < 1.29 is 19.1 Å². The summed E-state index contributed by atoms with van der Waals surface area (Å²) in [6.45, 7) is 14.4. The molecule has 0 saturated heterocycles.